The van der Waals surface area contributed by atoms with Crippen molar-refractivity contribution in [1.29, 1.82) is 0 Å². The molecule has 0 heterocycles. The number of carbonyl (C=O) groups excluding carboxylic acids is 1. The normalized spacial score (nSPS) is 11.2. The largest absolute Gasteiger partial charge is 0.497 e. The Morgan fingerprint density at radius 3 is 2.56 bits per heavy atom. The zero-order chi connectivity index (χ0) is 13.4. The van der Waals surface area contributed by atoms with Gasteiger partial charge in [0.25, 0.3) is 5.91 Å². The number of hydrazone groups is 1. The smallest absolute Gasteiger partial charge is 0.271 e. The fourth-order valence-electron chi connectivity index (χ4n) is 1.44. The first-order valence-electron chi connectivity index (χ1n) is 6.15. The predicted molar refractivity (Wildman–Crippen MR) is 73.1 cm³/mol. The molecule has 0 aliphatic rings. The van der Waals surface area contributed by atoms with Crippen LogP contribution in [0.4, 0.5) is 0 Å². The third-order valence-corrected chi connectivity index (χ3v) is 2.59. The first-order chi connectivity index (χ1) is 8.67. The number of hydrogen-bond donors (Lipinski definition) is 1. The van der Waals surface area contributed by atoms with Gasteiger partial charge in [-0.1, -0.05) is 13.3 Å². The Hall–Kier alpha value is -1.84. The van der Waals surface area contributed by atoms with Crippen LogP contribution in [0.5, 0.6) is 5.75 Å². The number of methoxy groups -OCH3 is 1. The van der Waals surface area contributed by atoms with E-state index >= 15 is 0 Å². The second kappa shape index (κ2) is 7.48. The molecule has 4 heteroatoms. The van der Waals surface area contributed by atoms with Crippen molar-refractivity contribution < 1.29 is 9.53 Å². The Bertz CT molecular complexity index is 410. The Balaban J connectivity index is 2.54. The van der Waals surface area contributed by atoms with Crippen molar-refractivity contribution in [3.05, 3.63) is 29.8 Å². The van der Waals surface area contributed by atoms with E-state index in [2.05, 4.69) is 17.5 Å². The summed E-state index contributed by atoms with van der Waals surface area (Å²) in [5, 5.41) is 4.07. The van der Waals surface area contributed by atoms with Crippen LogP contribution in [-0.2, 0) is 0 Å². The highest BCUT2D eigenvalue weighted by Crippen LogP contribution is 2.11. The van der Waals surface area contributed by atoms with Gasteiger partial charge < -0.3 is 4.74 Å². The molecule has 0 bridgehead atoms. The second-order valence-electron chi connectivity index (χ2n) is 4.12. The molecule has 1 aromatic carbocycles. The van der Waals surface area contributed by atoms with Gasteiger partial charge in [-0.25, -0.2) is 5.43 Å². The molecule has 0 unspecified atom stereocenters. The van der Waals surface area contributed by atoms with Crippen LogP contribution >= 0.6 is 0 Å². The minimum absolute atomic E-state index is 0.200. The molecule has 0 saturated heterocycles. The lowest BCUT2D eigenvalue weighted by molar-refractivity contribution is 0.0954. The van der Waals surface area contributed by atoms with Crippen molar-refractivity contribution >= 4 is 11.6 Å². The molecule has 1 aromatic rings. The van der Waals surface area contributed by atoms with E-state index in [0.717, 1.165) is 30.7 Å². The lowest BCUT2D eigenvalue weighted by Crippen LogP contribution is -2.18. The van der Waals surface area contributed by atoms with Gasteiger partial charge in [-0.2, -0.15) is 5.10 Å². The maximum absolute atomic E-state index is 11.8. The summed E-state index contributed by atoms with van der Waals surface area (Å²) in [5.74, 6) is 0.530. The molecule has 0 aliphatic carbocycles. The van der Waals surface area contributed by atoms with Gasteiger partial charge in [0.2, 0.25) is 0 Å². The molecule has 18 heavy (non-hydrogen) atoms. The maximum Gasteiger partial charge on any atom is 0.271 e. The fourth-order valence-corrected chi connectivity index (χ4v) is 1.44. The highest BCUT2D eigenvalue weighted by Gasteiger charge is 2.04. The first-order valence-corrected chi connectivity index (χ1v) is 6.15. The van der Waals surface area contributed by atoms with Crippen molar-refractivity contribution in [3.8, 4) is 5.75 Å². The quantitative estimate of drug-likeness (QED) is 0.621. The molecule has 4 nitrogen and oxygen atoms in total. The molecule has 0 aromatic heterocycles. The van der Waals surface area contributed by atoms with Gasteiger partial charge >= 0.3 is 0 Å². The molecule has 1 amide bonds. The minimum atomic E-state index is -0.200. The predicted octanol–water partition coefficient (Wildman–Crippen LogP) is 2.99. The van der Waals surface area contributed by atoms with Gasteiger partial charge in [-0.05, 0) is 44.0 Å². The number of amides is 1. The van der Waals surface area contributed by atoms with Crippen molar-refractivity contribution in [3.63, 3.8) is 0 Å². The van der Waals surface area contributed by atoms with Crippen LogP contribution in [0.15, 0.2) is 29.4 Å². The summed E-state index contributed by atoms with van der Waals surface area (Å²) in [6, 6.07) is 6.93. The number of benzene rings is 1. The summed E-state index contributed by atoms with van der Waals surface area (Å²) in [7, 11) is 1.59. The van der Waals surface area contributed by atoms with Crippen molar-refractivity contribution in [2.24, 2.45) is 5.10 Å². The van der Waals surface area contributed by atoms with Gasteiger partial charge in [0.15, 0.2) is 0 Å². The lowest BCUT2D eigenvalue weighted by atomic mass is 10.2. The molecule has 0 spiro atoms. The molecular weight excluding hydrogens is 228 g/mol. The Morgan fingerprint density at radius 2 is 2.00 bits per heavy atom. The third kappa shape index (κ3) is 4.57. The molecule has 0 radical (unpaired) electrons. The standard InChI is InChI=1S/C14H20N2O2/c1-4-5-6-11(2)15-16-14(17)12-7-9-13(18-3)10-8-12/h7-10H,4-6H2,1-3H3,(H,16,17). The van der Waals surface area contributed by atoms with Gasteiger partial charge in [0.05, 0.1) is 7.11 Å². The lowest BCUT2D eigenvalue weighted by Gasteiger charge is -2.03. The Kier molecular flexibility index (Phi) is 5.91. The van der Waals surface area contributed by atoms with Crippen LogP contribution in [-0.4, -0.2) is 18.7 Å². The molecule has 1 N–H and O–H groups in total. The highest BCUT2D eigenvalue weighted by atomic mass is 16.5. The zero-order valence-corrected chi connectivity index (χ0v) is 11.2. The van der Waals surface area contributed by atoms with E-state index in [-0.39, 0.29) is 5.91 Å². The van der Waals surface area contributed by atoms with E-state index < -0.39 is 0 Å². The van der Waals surface area contributed by atoms with Crippen molar-refractivity contribution in [1.82, 2.24) is 5.43 Å². The summed E-state index contributed by atoms with van der Waals surface area (Å²) in [6.45, 7) is 4.05. The number of nitrogens with one attached hydrogen (secondary N) is 1. The van der Waals surface area contributed by atoms with Crippen LogP contribution in [0.2, 0.25) is 0 Å². The van der Waals surface area contributed by atoms with Gasteiger partial charge in [-0.15, -0.1) is 0 Å². The van der Waals surface area contributed by atoms with Crippen LogP contribution in [0.1, 0.15) is 43.5 Å². The van der Waals surface area contributed by atoms with E-state index in [4.69, 9.17) is 4.74 Å². The van der Waals surface area contributed by atoms with Crippen LogP contribution in [0, 0.1) is 0 Å². The number of hydrogen-bond acceptors (Lipinski definition) is 3. The second-order valence-corrected chi connectivity index (χ2v) is 4.12. The summed E-state index contributed by atoms with van der Waals surface area (Å²) in [5.41, 5.74) is 4.07. The summed E-state index contributed by atoms with van der Waals surface area (Å²) < 4.78 is 5.03. The zero-order valence-electron chi connectivity index (χ0n) is 11.2. The fraction of sp³-hybridized carbons (Fsp3) is 0.429. The average Bonchev–Trinajstić information content (AvgIpc) is 2.42. The van der Waals surface area contributed by atoms with Gasteiger partial charge in [0, 0.05) is 11.3 Å². The molecule has 0 saturated carbocycles. The number of ether oxygens (including phenoxy) is 1. The van der Waals surface area contributed by atoms with Crippen LogP contribution < -0.4 is 10.2 Å². The van der Waals surface area contributed by atoms with Gasteiger partial charge in [-0.3, -0.25) is 4.79 Å². The van der Waals surface area contributed by atoms with E-state index in [0.29, 0.717) is 5.56 Å². The topological polar surface area (TPSA) is 50.7 Å². The molecular formula is C14H20N2O2. The van der Waals surface area contributed by atoms with Gasteiger partial charge in [0.1, 0.15) is 5.75 Å². The monoisotopic (exact) mass is 248 g/mol. The third-order valence-electron chi connectivity index (χ3n) is 2.59. The van der Waals surface area contributed by atoms with E-state index in [1.807, 2.05) is 6.92 Å². The Morgan fingerprint density at radius 1 is 1.33 bits per heavy atom. The number of carbonyl (C=O) groups is 1. The summed E-state index contributed by atoms with van der Waals surface area (Å²) in [6.07, 6.45) is 3.13. The summed E-state index contributed by atoms with van der Waals surface area (Å²) >= 11 is 0. The Labute approximate surface area is 108 Å². The molecule has 98 valence electrons. The van der Waals surface area contributed by atoms with E-state index in [1.54, 1.807) is 31.4 Å². The maximum atomic E-state index is 11.8. The molecule has 0 atom stereocenters. The number of nitrogens with zero attached hydrogens (tertiary/aromatic N) is 1. The summed E-state index contributed by atoms with van der Waals surface area (Å²) in [4.78, 5) is 11.8. The van der Waals surface area contributed by atoms with Crippen molar-refractivity contribution in [2.45, 2.75) is 33.1 Å². The van der Waals surface area contributed by atoms with E-state index in [9.17, 15) is 4.79 Å². The SMILES string of the molecule is CCCCC(C)=NNC(=O)c1ccc(OC)cc1. The van der Waals surface area contributed by atoms with E-state index in [1.165, 1.54) is 0 Å². The van der Waals surface area contributed by atoms with Crippen molar-refractivity contribution in [2.75, 3.05) is 7.11 Å². The molecule has 0 aliphatic heterocycles. The molecule has 1 rings (SSSR count). The van der Waals surface area contributed by atoms with Crippen LogP contribution in [0.25, 0.3) is 0 Å². The average molecular weight is 248 g/mol. The minimum Gasteiger partial charge on any atom is -0.497 e. The number of rotatable bonds is 6. The number of unbranched alkanes of at least 4 members (excludes halogenated alkanes) is 1. The highest BCUT2D eigenvalue weighted by molar-refractivity contribution is 5.95. The first kappa shape index (κ1) is 14.2. The van der Waals surface area contributed by atoms with Crippen LogP contribution in [0.3, 0.4) is 0 Å². The molecule has 0 fully saturated rings.